The number of halogens is 3. The molecule has 0 aliphatic rings. The number of hydrogen-bond donors (Lipinski definition) is 0. The van der Waals surface area contributed by atoms with Gasteiger partial charge >= 0.3 is 0 Å². The van der Waals surface area contributed by atoms with Crippen LogP contribution in [0.3, 0.4) is 0 Å². The minimum atomic E-state index is 0. The summed E-state index contributed by atoms with van der Waals surface area (Å²) in [5.41, 5.74) is 0. The summed E-state index contributed by atoms with van der Waals surface area (Å²) in [6.45, 7) is 0. The Balaban J connectivity index is 0. The molecule has 5 heteroatoms. The predicted molar refractivity (Wildman–Crippen MR) is 21.7 cm³/mol. The standard InChI is InChI=1S/3ClH.Eu.Y/h3*1H;;. The van der Waals surface area contributed by atoms with Crippen LogP contribution in [-0.4, -0.2) is 0 Å². The monoisotopic (exact) mass is 350 g/mol. The molecule has 0 heterocycles. The van der Waals surface area contributed by atoms with Crippen LogP contribution in [0, 0.1) is 49.4 Å². The van der Waals surface area contributed by atoms with Gasteiger partial charge in [-0.15, -0.1) is 37.2 Å². The molecule has 0 aromatic heterocycles. The van der Waals surface area contributed by atoms with E-state index in [1.54, 1.807) is 0 Å². The van der Waals surface area contributed by atoms with Crippen LogP contribution >= 0.6 is 37.2 Å². The Morgan fingerprint density at radius 3 is 0.600 bits per heavy atom. The molecule has 0 aliphatic heterocycles. The molecule has 0 saturated heterocycles. The maximum atomic E-state index is 0. The fourth-order valence-corrected chi connectivity index (χ4v) is 0. The van der Waals surface area contributed by atoms with Gasteiger partial charge in [0.05, 0.1) is 0 Å². The van der Waals surface area contributed by atoms with Crippen molar-refractivity contribution in [1.29, 1.82) is 0 Å². The summed E-state index contributed by atoms with van der Waals surface area (Å²) in [6, 6.07) is 0. The van der Waals surface area contributed by atoms with E-state index in [1.807, 2.05) is 0 Å². The number of hydrogen-bond acceptors (Lipinski definition) is 0. The first-order chi connectivity index (χ1) is 0. The Morgan fingerprint density at radius 2 is 0.600 bits per heavy atom. The van der Waals surface area contributed by atoms with E-state index in [1.165, 1.54) is 0 Å². The molecule has 0 spiro atoms. The van der Waals surface area contributed by atoms with E-state index >= 15 is 0 Å². The molecule has 0 atom stereocenters. The molecule has 0 aromatic rings. The predicted octanol–water partition coefficient (Wildman–Crippen LogP) is 1.26. The van der Waals surface area contributed by atoms with E-state index < -0.39 is 0 Å². The van der Waals surface area contributed by atoms with Gasteiger partial charge in [0.15, 0.2) is 0 Å². The van der Waals surface area contributed by atoms with Crippen LogP contribution in [0.2, 0.25) is 0 Å². The molecule has 2 radical (unpaired) electrons. The van der Waals surface area contributed by atoms with Crippen molar-refractivity contribution in [3.8, 4) is 0 Å². The van der Waals surface area contributed by atoms with Crippen LogP contribution in [0.25, 0.3) is 0 Å². The molecule has 0 nitrogen and oxygen atoms in total. The van der Waals surface area contributed by atoms with Crippen LogP contribution in [0.15, 0.2) is 0 Å². The van der Waals surface area contributed by atoms with Crippen LogP contribution in [-0.2, 0) is 32.7 Å². The molecule has 0 fully saturated rings. The second-order valence-electron chi connectivity index (χ2n) is 0. The topological polar surface area (TPSA) is 0 Å². The van der Waals surface area contributed by atoms with Crippen molar-refractivity contribution in [2.24, 2.45) is 0 Å². The fourth-order valence-electron chi connectivity index (χ4n) is 0. The molecule has 0 aromatic carbocycles. The second-order valence-corrected chi connectivity index (χ2v) is 0. The summed E-state index contributed by atoms with van der Waals surface area (Å²) in [5.74, 6) is 0. The van der Waals surface area contributed by atoms with Gasteiger partial charge in [0.2, 0.25) is 0 Å². The molecule has 0 aliphatic carbocycles. The molecule has 0 amide bonds. The van der Waals surface area contributed by atoms with Gasteiger partial charge in [-0.2, -0.15) is 0 Å². The largest absolute Gasteiger partial charge is 0.147 e. The number of rotatable bonds is 0. The van der Waals surface area contributed by atoms with Crippen molar-refractivity contribution in [2.75, 3.05) is 0 Å². The minimum Gasteiger partial charge on any atom is -0.147 e. The third-order valence-electron chi connectivity index (χ3n) is 0. The summed E-state index contributed by atoms with van der Waals surface area (Å²) in [6.07, 6.45) is 0. The van der Waals surface area contributed by atoms with Gasteiger partial charge < -0.3 is 0 Å². The van der Waals surface area contributed by atoms with E-state index in [4.69, 9.17) is 0 Å². The van der Waals surface area contributed by atoms with Crippen molar-refractivity contribution in [3.05, 3.63) is 0 Å². The average molecular weight is 350 g/mol. The first kappa shape index (κ1) is 38.6. The summed E-state index contributed by atoms with van der Waals surface area (Å²) in [4.78, 5) is 0. The van der Waals surface area contributed by atoms with Gasteiger partial charge in [-0.3, -0.25) is 0 Å². The van der Waals surface area contributed by atoms with Gasteiger partial charge in [-0.05, 0) is 0 Å². The Morgan fingerprint density at radius 1 is 0.600 bits per heavy atom. The quantitative estimate of drug-likeness (QED) is 0.617. The zero-order valence-electron chi connectivity index (χ0n) is 2.18. The van der Waals surface area contributed by atoms with Crippen LogP contribution in [0.4, 0.5) is 0 Å². The van der Waals surface area contributed by atoms with E-state index in [0.717, 1.165) is 0 Å². The van der Waals surface area contributed by atoms with Crippen molar-refractivity contribution < 1.29 is 82.1 Å². The van der Waals surface area contributed by atoms with E-state index in [2.05, 4.69) is 0 Å². The van der Waals surface area contributed by atoms with Gasteiger partial charge in [0.25, 0.3) is 0 Å². The Kier molecular flexibility index (Phi) is 198. The molecule has 0 bridgehead atoms. The third-order valence-corrected chi connectivity index (χ3v) is 0. The molecule has 0 N–H and O–H groups in total. The third kappa shape index (κ3) is 18.4. The zero-order valence-corrected chi connectivity index (χ0v) is 9.89. The summed E-state index contributed by atoms with van der Waals surface area (Å²) < 4.78 is 0. The van der Waals surface area contributed by atoms with E-state index in [0.29, 0.717) is 0 Å². The Hall–Kier alpha value is 3.56. The van der Waals surface area contributed by atoms with E-state index in [-0.39, 0.29) is 119 Å². The maximum absolute atomic E-state index is 0. The second kappa shape index (κ2) is 25.7. The van der Waals surface area contributed by atoms with E-state index in [9.17, 15) is 0 Å². The SMILES string of the molecule is Cl.Cl.Cl.[Eu].[Y]. The molecular formula is H3Cl3EuY. The van der Waals surface area contributed by atoms with Crippen molar-refractivity contribution >= 4 is 37.2 Å². The Bertz CT molecular complexity index is 6.85. The first-order valence-electron chi connectivity index (χ1n) is 0. The van der Waals surface area contributed by atoms with Crippen molar-refractivity contribution in [1.82, 2.24) is 0 Å². The van der Waals surface area contributed by atoms with Crippen LogP contribution in [0.5, 0.6) is 0 Å². The zero-order chi connectivity index (χ0) is 0. The summed E-state index contributed by atoms with van der Waals surface area (Å²) in [5, 5.41) is 0. The minimum absolute atomic E-state index is 0. The summed E-state index contributed by atoms with van der Waals surface area (Å²) in [7, 11) is 0. The molecular weight excluding hydrogens is 347 g/mol. The molecule has 34 valence electrons. The van der Waals surface area contributed by atoms with Gasteiger partial charge in [-0.1, -0.05) is 0 Å². The van der Waals surface area contributed by atoms with Crippen LogP contribution < -0.4 is 0 Å². The smallest absolute Gasteiger partial charge is 0 e. The molecule has 0 saturated carbocycles. The van der Waals surface area contributed by atoms with Gasteiger partial charge in [0.1, 0.15) is 0 Å². The van der Waals surface area contributed by atoms with Crippen LogP contribution in [0.1, 0.15) is 0 Å². The average Bonchev–Trinajstić information content (AvgIpc) is 0. The Labute approximate surface area is 116 Å². The molecule has 0 unspecified atom stereocenters. The maximum Gasteiger partial charge on any atom is 0 e. The molecule has 5 heavy (non-hydrogen) atoms. The van der Waals surface area contributed by atoms with Crippen molar-refractivity contribution in [3.63, 3.8) is 0 Å². The first-order valence-corrected chi connectivity index (χ1v) is 0. The van der Waals surface area contributed by atoms with Gasteiger partial charge in [0, 0.05) is 82.1 Å². The van der Waals surface area contributed by atoms with Gasteiger partial charge in [-0.25, -0.2) is 0 Å². The normalized spacial score (nSPS) is 0. The summed E-state index contributed by atoms with van der Waals surface area (Å²) >= 11 is 0. The van der Waals surface area contributed by atoms with Crippen molar-refractivity contribution in [2.45, 2.75) is 0 Å². The molecule has 0 rings (SSSR count). The fraction of sp³-hybridized carbons (Fsp3) is 0.